The summed E-state index contributed by atoms with van der Waals surface area (Å²) >= 11 is 0. The summed E-state index contributed by atoms with van der Waals surface area (Å²) in [7, 11) is 1.59. The standard InChI is InChI=1S/C17H18N4O4/c1-11-7-12(2)21(19-11)9-16(22)24-10-15-18-17(20-25-15)13-5-4-6-14(8-13)23-3/h4-8H,9-10H2,1-3H3. The van der Waals surface area contributed by atoms with Crippen molar-refractivity contribution in [3.8, 4) is 17.1 Å². The smallest absolute Gasteiger partial charge is 0.328 e. The number of ether oxygens (including phenoxy) is 2. The van der Waals surface area contributed by atoms with Crippen molar-refractivity contribution in [2.45, 2.75) is 27.0 Å². The molecule has 130 valence electrons. The highest BCUT2D eigenvalue weighted by Gasteiger charge is 2.13. The number of carbonyl (C=O) groups excluding carboxylic acids is 1. The number of rotatable bonds is 6. The maximum Gasteiger partial charge on any atom is 0.328 e. The topological polar surface area (TPSA) is 92.3 Å². The minimum Gasteiger partial charge on any atom is -0.497 e. The molecule has 8 heteroatoms. The zero-order valence-corrected chi connectivity index (χ0v) is 14.2. The van der Waals surface area contributed by atoms with E-state index in [0.717, 1.165) is 17.0 Å². The molecule has 0 unspecified atom stereocenters. The molecule has 3 rings (SSSR count). The van der Waals surface area contributed by atoms with Crippen LogP contribution in [0, 0.1) is 13.8 Å². The van der Waals surface area contributed by atoms with Crippen LogP contribution in [-0.2, 0) is 22.7 Å². The molecule has 0 saturated carbocycles. The average molecular weight is 342 g/mol. The van der Waals surface area contributed by atoms with E-state index in [1.165, 1.54) is 0 Å². The van der Waals surface area contributed by atoms with Gasteiger partial charge in [0.15, 0.2) is 6.61 Å². The second-order valence-electron chi connectivity index (χ2n) is 5.49. The van der Waals surface area contributed by atoms with Gasteiger partial charge in [0.25, 0.3) is 5.89 Å². The first-order valence-corrected chi connectivity index (χ1v) is 7.69. The van der Waals surface area contributed by atoms with Crippen molar-refractivity contribution >= 4 is 5.97 Å². The third-order valence-corrected chi connectivity index (χ3v) is 3.53. The highest BCUT2D eigenvalue weighted by Crippen LogP contribution is 2.21. The molecule has 0 radical (unpaired) electrons. The molecular weight excluding hydrogens is 324 g/mol. The first kappa shape index (κ1) is 16.7. The molecule has 25 heavy (non-hydrogen) atoms. The second kappa shape index (κ2) is 7.16. The molecule has 0 atom stereocenters. The molecule has 0 aliphatic rings. The highest BCUT2D eigenvalue weighted by molar-refractivity contribution is 5.69. The lowest BCUT2D eigenvalue weighted by Gasteiger charge is -2.04. The van der Waals surface area contributed by atoms with Crippen LogP contribution in [0.5, 0.6) is 5.75 Å². The summed E-state index contributed by atoms with van der Waals surface area (Å²) in [5.41, 5.74) is 2.50. The Morgan fingerprint density at radius 2 is 2.12 bits per heavy atom. The van der Waals surface area contributed by atoms with Gasteiger partial charge in [-0.05, 0) is 32.0 Å². The lowest BCUT2D eigenvalue weighted by molar-refractivity contribution is -0.146. The van der Waals surface area contributed by atoms with Crippen molar-refractivity contribution in [2.75, 3.05) is 7.11 Å². The van der Waals surface area contributed by atoms with Gasteiger partial charge in [-0.25, -0.2) is 0 Å². The van der Waals surface area contributed by atoms with E-state index in [0.29, 0.717) is 11.6 Å². The van der Waals surface area contributed by atoms with E-state index in [4.69, 9.17) is 14.0 Å². The summed E-state index contributed by atoms with van der Waals surface area (Å²) in [6.45, 7) is 3.70. The van der Waals surface area contributed by atoms with E-state index < -0.39 is 5.97 Å². The highest BCUT2D eigenvalue weighted by atomic mass is 16.6. The second-order valence-corrected chi connectivity index (χ2v) is 5.49. The quantitative estimate of drug-likeness (QED) is 0.635. The number of methoxy groups -OCH3 is 1. The number of carbonyl (C=O) groups is 1. The fourth-order valence-electron chi connectivity index (χ4n) is 2.34. The summed E-state index contributed by atoms with van der Waals surface area (Å²) < 4.78 is 17.0. The van der Waals surface area contributed by atoms with E-state index in [9.17, 15) is 4.79 Å². The van der Waals surface area contributed by atoms with E-state index >= 15 is 0 Å². The van der Waals surface area contributed by atoms with Crippen LogP contribution >= 0.6 is 0 Å². The lowest BCUT2D eigenvalue weighted by atomic mass is 10.2. The van der Waals surface area contributed by atoms with Crippen LogP contribution in [0.1, 0.15) is 17.3 Å². The lowest BCUT2D eigenvalue weighted by Crippen LogP contribution is -2.15. The molecule has 3 aromatic rings. The molecular formula is C17H18N4O4. The Labute approximate surface area is 144 Å². The van der Waals surface area contributed by atoms with Crippen LogP contribution in [0.3, 0.4) is 0 Å². The number of hydrogen-bond acceptors (Lipinski definition) is 7. The first-order valence-electron chi connectivity index (χ1n) is 7.69. The molecule has 8 nitrogen and oxygen atoms in total. The third kappa shape index (κ3) is 4.03. The van der Waals surface area contributed by atoms with E-state index in [1.807, 2.05) is 38.1 Å². The molecule has 0 aliphatic carbocycles. The van der Waals surface area contributed by atoms with Gasteiger partial charge in [-0.3, -0.25) is 9.48 Å². The summed E-state index contributed by atoms with van der Waals surface area (Å²) in [5, 5.41) is 8.11. The van der Waals surface area contributed by atoms with Gasteiger partial charge in [0.05, 0.1) is 12.8 Å². The number of hydrogen-bond donors (Lipinski definition) is 0. The number of aromatic nitrogens is 4. The van der Waals surface area contributed by atoms with E-state index in [2.05, 4.69) is 15.2 Å². The Balaban J connectivity index is 1.59. The fraction of sp³-hybridized carbons (Fsp3) is 0.294. The molecule has 2 heterocycles. The molecule has 0 N–H and O–H groups in total. The predicted octanol–water partition coefficient (Wildman–Crippen LogP) is 2.30. The van der Waals surface area contributed by atoms with Crippen molar-refractivity contribution in [1.29, 1.82) is 0 Å². The zero-order chi connectivity index (χ0) is 17.8. The summed E-state index contributed by atoms with van der Waals surface area (Å²) in [4.78, 5) is 16.1. The summed E-state index contributed by atoms with van der Waals surface area (Å²) in [6, 6.07) is 9.19. The number of aryl methyl sites for hydroxylation is 2. The molecule has 0 bridgehead atoms. The van der Waals surface area contributed by atoms with Crippen molar-refractivity contribution in [1.82, 2.24) is 19.9 Å². The van der Waals surface area contributed by atoms with Crippen LogP contribution in [0.4, 0.5) is 0 Å². The van der Waals surface area contributed by atoms with Gasteiger partial charge in [0.1, 0.15) is 12.3 Å². The van der Waals surface area contributed by atoms with Crippen LogP contribution in [0.15, 0.2) is 34.9 Å². The normalized spacial score (nSPS) is 10.7. The largest absolute Gasteiger partial charge is 0.497 e. The van der Waals surface area contributed by atoms with Crippen molar-refractivity contribution in [3.05, 3.63) is 47.6 Å². The first-order chi connectivity index (χ1) is 12.0. The Hall–Kier alpha value is -3.16. The van der Waals surface area contributed by atoms with Crippen LogP contribution in [0.2, 0.25) is 0 Å². The van der Waals surface area contributed by atoms with Gasteiger partial charge >= 0.3 is 5.97 Å². The number of nitrogens with zero attached hydrogens (tertiary/aromatic N) is 4. The minimum absolute atomic E-state index is 0.0382. The number of benzene rings is 1. The molecule has 0 spiro atoms. The Morgan fingerprint density at radius 1 is 1.28 bits per heavy atom. The molecule has 0 saturated heterocycles. The molecule has 0 fully saturated rings. The molecule has 0 amide bonds. The number of esters is 1. The Morgan fingerprint density at radius 3 is 2.84 bits per heavy atom. The predicted molar refractivity (Wildman–Crippen MR) is 87.8 cm³/mol. The van der Waals surface area contributed by atoms with Crippen LogP contribution in [0.25, 0.3) is 11.4 Å². The van der Waals surface area contributed by atoms with Gasteiger partial charge in [-0.15, -0.1) is 0 Å². The Bertz CT molecular complexity index is 884. The minimum atomic E-state index is -0.424. The Kier molecular flexibility index (Phi) is 4.78. The van der Waals surface area contributed by atoms with Gasteiger partial charge in [-0.1, -0.05) is 17.3 Å². The average Bonchev–Trinajstić information content (AvgIpc) is 3.20. The summed E-state index contributed by atoms with van der Waals surface area (Å²) in [6.07, 6.45) is 0. The zero-order valence-electron chi connectivity index (χ0n) is 14.2. The third-order valence-electron chi connectivity index (χ3n) is 3.53. The summed E-state index contributed by atoms with van der Waals surface area (Å²) in [5.74, 6) is 0.899. The molecule has 0 aliphatic heterocycles. The SMILES string of the molecule is COc1cccc(-c2noc(COC(=O)Cn3nc(C)cc3C)n2)c1. The van der Waals surface area contributed by atoms with E-state index in [1.54, 1.807) is 17.9 Å². The van der Waals surface area contributed by atoms with Gasteiger partial charge in [-0.2, -0.15) is 10.1 Å². The van der Waals surface area contributed by atoms with Crippen molar-refractivity contribution in [2.24, 2.45) is 0 Å². The maximum absolute atomic E-state index is 11.9. The fourth-order valence-corrected chi connectivity index (χ4v) is 2.34. The van der Waals surface area contributed by atoms with Crippen molar-refractivity contribution < 1.29 is 18.8 Å². The van der Waals surface area contributed by atoms with Crippen LogP contribution in [-0.4, -0.2) is 33.0 Å². The molecule has 2 aromatic heterocycles. The van der Waals surface area contributed by atoms with Gasteiger partial charge < -0.3 is 14.0 Å². The van der Waals surface area contributed by atoms with Gasteiger partial charge in [0, 0.05) is 11.3 Å². The van der Waals surface area contributed by atoms with Crippen LogP contribution < -0.4 is 4.74 Å². The van der Waals surface area contributed by atoms with Gasteiger partial charge in [0.2, 0.25) is 5.82 Å². The molecule has 1 aromatic carbocycles. The monoisotopic (exact) mass is 342 g/mol. The maximum atomic E-state index is 11.9. The van der Waals surface area contributed by atoms with E-state index in [-0.39, 0.29) is 19.0 Å². The van der Waals surface area contributed by atoms with Crippen molar-refractivity contribution in [3.63, 3.8) is 0 Å².